The van der Waals surface area contributed by atoms with Crippen molar-refractivity contribution in [2.75, 3.05) is 6.61 Å². The van der Waals surface area contributed by atoms with Gasteiger partial charge in [0.2, 0.25) is 0 Å². The molecule has 1 aromatic rings. The standard InChI is InChI=1S/C15H17BrO4/c1-4-15(16)6-10-5-11(20-7-12(17)18)8(2)9(3)13(10)14(15)19/h5H,4,6-7H2,1-3H3,(H,17,18). The van der Waals surface area contributed by atoms with Gasteiger partial charge in [0.05, 0.1) is 4.32 Å². The number of ketones is 1. The Labute approximate surface area is 126 Å². The molecule has 2 rings (SSSR count). The van der Waals surface area contributed by atoms with Gasteiger partial charge in [0.25, 0.3) is 0 Å². The van der Waals surface area contributed by atoms with Gasteiger partial charge in [0, 0.05) is 5.56 Å². The van der Waals surface area contributed by atoms with E-state index in [9.17, 15) is 9.59 Å². The van der Waals surface area contributed by atoms with Crippen LogP contribution in [0.5, 0.6) is 5.75 Å². The molecule has 5 heteroatoms. The van der Waals surface area contributed by atoms with Crippen LogP contribution in [0.1, 0.15) is 40.4 Å². The van der Waals surface area contributed by atoms with Crippen LogP contribution in [0.25, 0.3) is 0 Å². The lowest BCUT2D eigenvalue weighted by molar-refractivity contribution is -0.139. The van der Waals surface area contributed by atoms with E-state index in [-0.39, 0.29) is 12.4 Å². The van der Waals surface area contributed by atoms with Gasteiger partial charge in [-0.2, -0.15) is 0 Å². The summed E-state index contributed by atoms with van der Waals surface area (Å²) in [5.74, 6) is -0.355. The van der Waals surface area contributed by atoms with E-state index >= 15 is 0 Å². The first-order chi connectivity index (χ1) is 9.30. The monoisotopic (exact) mass is 340 g/mol. The number of hydrogen-bond acceptors (Lipinski definition) is 3. The molecule has 0 heterocycles. The minimum absolute atomic E-state index is 0.111. The summed E-state index contributed by atoms with van der Waals surface area (Å²) in [4.78, 5) is 23.1. The van der Waals surface area contributed by atoms with E-state index < -0.39 is 10.3 Å². The summed E-state index contributed by atoms with van der Waals surface area (Å²) >= 11 is 3.55. The van der Waals surface area contributed by atoms with Crippen LogP contribution >= 0.6 is 15.9 Å². The van der Waals surface area contributed by atoms with Gasteiger partial charge >= 0.3 is 5.97 Å². The fourth-order valence-corrected chi connectivity index (χ4v) is 3.09. The molecular formula is C15H17BrO4. The van der Waals surface area contributed by atoms with Gasteiger partial charge < -0.3 is 9.84 Å². The molecule has 1 N–H and O–H groups in total. The summed E-state index contributed by atoms with van der Waals surface area (Å²) in [5.41, 5.74) is 3.38. The van der Waals surface area contributed by atoms with Crippen molar-refractivity contribution in [3.8, 4) is 5.75 Å². The molecule has 4 nitrogen and oxygen atoms in total. The van der Waals surface area contributed by atoms with Crippen LogP contribution in [-0.2, 0) is 11.2 Å². The second-order valence-electron chi connectivity index (χ2n) is 5.17. The zero-order valence-electron chi connectivity index (χ0n) is 11.7. The Morgan fingerprint density at radius 1 is 1.45 bits per heavy atom. The largest absolute Gasteiger partial charge is 0.482 e. The molecule has 0 bridgehead atoms. The summed E-state index contributed by atoms with van der Waals surface area (Å²) in [6.45, 7) is 5.33. The van der Waals surface area contributed by atoms with Crippen LogP contribution in [0.4, 0.5) is 0 Å². The highest BCUT2D eigenvalue weighted by molar-refractivity contribution is 9.10. The van der Waals surface area contributed by atoms with Gasteiger partial charge in [-0.3, -0.25) is 4.79 Å². The predicted octanol–water partition coefficient (Wildman–Crippen LogP) is 3.05. The van der Waals surface area contributed by atoms with Crippen LogP contribution in [0.3, 0.4) is 0 Å². The van der Waals surface area contributed by atoms with Crippen molar-refractivity contribution in [2.45, 2.75) is 37.9 Å². The summed E-state index contributed by atoms with van der Waals surface area (Å²) < 4.78 is 4.79. The first-order valence-corrected chi connectivity index (χ1v) is 7.31. The Morgan fingerprint density at radius 2 is 2.10 bits per heavy atom. The first-order valence-electron chi connectivity index (χ1n) is 6.51. The Bertz CT molecular complexity index is 594. The molecule has 0 saturated carbocycles. The normalized spacial score (nSPS) is 20.9. The highest BCUT2D eigenvalue weighted by Gasteiger charge is 2.43. The second-order valence-corrected chi connectivity index (χ2v) is 6.68. The van der Waals surface area contributed by atoms with Crippen molar-refractivity contribution in [1.29, 1.82) is 0 Å². The van der Waals surface area contributed by atoms with Crippen molar-refractivity contribution in [3.63, 3.8) is 0 Å². The van der Waals surface area contributed by atoms with Crippen molar-refractivity contribution < 1.29 is 19.4 Å². The van der Waals surface area contributed by atoms with Gasteiger partial charge in [-0.1, -0.05) is 22.9 Å². The lowest BCUT2D eigenvalue weighted by Crippen LogP contribution is -2.27. The smallest absolute Gasteiger partial charge is 0.341 e. The Kier molecular flexibility index (Phi) is 3.91. The number of benzene rings is 1. The zero-order chi connectivity index (χ0) is 15.1. The molecule has 0 saturated heterocycles. The number of alkyl halides is 1. The minimum atomic E-state index is -1.01. The number of carbonyl (C=O) groups excluding carboxylic acids is 1. The van der Waals surface area contributed by atoms with E-state index in [1.165, 1.54) is 0 Å². The Hall–Kier alpha value is -1.36. The van der Waals surface area contributed by atoms with E-state index in [0.717, 1.165) is 22.3 Å². The van der Waals surface area contributed by atoms with Gasteiger partial charge in [0.15, 0.2) is 12.4 Å². The van der Waals surface area contributed by atoms with Gasteiger partial charge in [-0.15, -0.1) is 0 Å². The highest BCUT2D eigenvalue weighted by atomic mass is 79.9. The number of rotatable bonds is 4. The van der Waals surface area contributed by atoms with Crippen molar-refractivity contribution >= 4 is 27.7 Å². The maximum absolute atomic E-state index is 12.5. The number of aliphatic carboxylic acids is 1. The van der Waals surface area contributed by atoms with Crippen molar-refractivity contribution in [1.82, 2.24) is 0 Å². The third kappa shape index (κ3) is 2.35. The lowest BCUT2D eigenvalue weighted by atomic mass is 9.97. The molecule has 0 aromatic heterocycles. The van der Waals surface area contributed by atoms with Crippen LogP contribution in [-0.4, -0.2) is 27.8 Å². The number of carboxylic acid groups (broad SMARTS) is 1. The molecule has 1 aliphatic rings. The number of ether oxygens (including phenoxy) is 1. The summed E-state index contributed by atoms with van der Waals surface area (Å²) in [7, 11) is 0. The van der Waals surface area contributed by atoms with Gasteiger partial charge in [-0.25, -0.2) is 4.79 Å². The molecule has 0 aliphatic heterocycles. The molecular weight excluding hydrogens is 324 g/mol. The quantitative estimate of drug-likeness (QED) is 0.855. The molecule has 0 radical (unpaired) electrons. The first kappa shape index (κ1) is 15.0. The summed E-state index contributed by atoms with van der Waals surface area (Å²) in [6.07, 6.45) is 1.33. The predicted molar refractivity (Wildman–Crippen MR) is 79.0 cm³/mol. The topological polar surface area (TPSA) is 63.6 Å². The molecule has 1 aliphatic carbocycles. The van der Waals surface area contributed by atoms with E-state index in [1.54, 1.807) is 6.07 Å². The van der Waals surface area contributed by atoms with Crippen LogP contribution < -0.4 is 4.74 Å². The maximum atomic E-state index is 12.5. The summed E-state index contributed by atoms with van der Waals surface area (Å²) in [6, 6.07) is 1.80. The average Bonchev–Trinajstić information content (AvgIpc) is 2.65. The molecule has 1 atom stereocenters. The van der Waals surface area contributed by atoms with E-state index in [2.05, 4.69) is 15.9 Å². The lowest BCUT2D eigenvalue weighted by Gasteiger charge is -2.16. The second kappa shape index (κ2) is 5.20. The molecule has 1 unspecified atom stereocenters. The molecule has 1 aromatic carbocycles. The van der Waals surface area contributed by atoms with Gasteiger partial charge in [-0.05, 0) is 49.4 Å². The SMILES string of the molecule is CCC1(Br)Cc2cc(OCC(=O)O)c(C)c(C)c2C1=O. The third-order valence-corrected chi connectivity index (χ3v) is 5.15. The van der Waals surface area contributed by atoms with Gasteiger partial charge in [0.1, 0.15) is 5.75 Å². The van der Waals surface area contributed by atoms with Crippen molar-refractivity contribution in [2.24, 2.45) is 0 Å². The van der Waals surface area contributed by atoms with Crippen LogP contribution in [0.15, 0.2) is 6.07 Å². The molecule has 0 amide bonds. The number of carboxylic acids is 1. The fourth-order valence-electron chi connectivity index (χ4n) is 2.59. The minimum Gasteiger partial charge on any atom is -0.482 e. The molecule has 0 spiro atoms. The highest BCUT2D eigenvalue weighted by Crippen LogP contribution is 2.43. The van der Waals surface area contributed by atoms with Crippen LogP contribution in [0.2, 0.25) is 0 Å². The molecule has 108 valence electrons. The number of Topliss-reactive ketones (excluding diaryl/α,β-unsaturated/α-hetero) is 1. The van der Waals surface area contributed by atoms with E-state index in [0.29, 0.717) is 18.6 Å². The summed E-state index contributed by atoms with van der Waals surface area (Å²) in [5, 5.41) is 8.71. The number of halogens is 1. The number of carbonyl (C=O) groups is 2. The average molecular weight is 341 g/mol. The Morgan fingerprint density at radius 3 is 2.65 bits per heavy atom. The Balaban J connectivity index is 2.46. The number of hydrogen-bond donors (Lipinski definition) is 1. The van der Waals surface area contributed by atoms with Crippen molar-refractivity contribution in [3.05, 3.63) is 28.3 Å². The molecule has 0 fully saturated rings. The van der Waals surface area contributed by atoms with Crippen LogP contribution in [0, 0.1) is 13.8 Å². The van der Waals surface area contributed by atoms with E-state index in [4.69, 9.17) is 9.84 Å². The fraction of sp³-hybridized carbons (Fsp3) is 0.467. The zero-order valence-corrected chi connectivity index (χ0v) is 13.3. The third-order valence-electron chi connectivity index (χ3n) is 3.95. The molecule has 20 heavy (non-hydrogen) atoms. The number of fused-ring (bicyclic) bond motifs is 1. The van der Waals surface area contributed by atoms with E-state index in [1.807, 2.05) is 20.8 Å². The maximum Gasteiger partial charge on any atom is 0.341 e.